The van der Waals surface area contributed by atoms with Crippen molar-refractivity contribution in [2.45, 2.75) is 17.8 Å². The van der Waals surface area contributed by atoms with Crippen LogP contribution < -0.4 is 10.3 Å². The summed E-state index contributed by atoms with van der Waals surface area (Å²) in [4.78, 5) is 17.0. The molecule has 1 aromatic carbocycles. The van der Waals surface area contributed by atoms with Gasteiger partial charge in [-0.3, -0.25) is 13.8 Å². The molecule has 7 nitrogen and oxygen atoms in total. The molecule has 0 aliphatic carbocycles. The Kier molecular flexibility index (Phi) is 4.64. The molecule has 0 saturated heterocycles. The van der Waals surface area contributed by atoms with Gasteiger partial charge in [0.2, 0.25) is 0 Å². The van der Waals surface area contributed by atoms with Gasteiger partial charge in [-0.15, -0.1) is 10.2 Å². The van der Waals surface area contributed by atoms with Crippen molar-refractivity contribution in [3.05, 3.63) is 76.6 Å². The van der Waals surface area contributed by atoms with Crippen molar-refractivity contribution in [2.75, 3.05) is 7.11 Å². The second-order valence-corrected chi connectivity index (χ2v) is 6.83. The van der Waals surface area contributed by atoms with Crippen molar-refractivity contribution < 1.29 is 4.74 Å². The van der Waals surface area contributed by atoms with Crippen LogP contribution in [-0.2, 0) is 5.75 Å². The van der Waals surface area contributed by atoms with Crippen molar-refractivity contribution in [1.29, 1.82) is 0 Å². The van der Waals surface area contributed by atoms with Gasteiger partial charge in [-0.05, 0) is 31.2 Å². The molecule has 4 rings (SSSR count). The van der Waals surface area contributed by atoms with E-state index in [1.54, 1.807) is 23.9 Å². The Morgan fingerprint density at radius 1 is 1.15 bits per heavy atom. The quantitative estimate of drug-likeness (QED) is 0.497. The molecular formula is C19H17N5O2S. The van der Waals surface area contributed by atoms with E-state index < -0.39 is 0 Å². The Labute approximate surface area is 159 Å². The summed E-state index contributed by atoms with van der Waals surface area (Å²) in [5.41, 5.74) is 2.98. The number of aromatic nitrogens is 5. The molecule has 0 saturated carbocycles. The zero-order chi connectivity index (χ0) is 18.8. The molecule has 0 atom stereocenters. The molecule has 27 heavy (non-hydrogen) atoms. The normalized spacial score (nSPS) is 11.0. The molecule has 0 amide bonds. The average Bonchev–Trinajstić information content (AvgIpc) is 3.14. The van der Waals surface area contributed by atoms with Crippen molar-refractivity contribution in [1.82, 2.24) is 24.1 Å². The fourth-order valence-corrected chi connectivity index (χ4v) is 3.71. The molecule has 136 valence electrons. The fourth-order valence-electron chi connectivity index (χ4n) is 2.89. The summed E-state index contributed by atoms with van der Waals surface area (Å²) in [5, 5.41) is 8.91. The van der Waals surface area contributed by atoms with Gasteiger partial charge in [-0.2, -0.15) is 0 Å². The van der Waals surface area contributed by atoms with E-state index in [0.29, 0.717) is 22.3 Å². The van der Waals surface area contributed by atoms with Gasteiger partial charge in [0.15, 0.2) is 5.16 Å². The maximum Gasteiger partial charge on any atom is 0.258 e. The maximum absolute atomic E-state index is 12.4. The van der Waals surface area contributed by atoms with Crippen LogP contribution in [0.2, 0.25) is 0 Å². The minimum absolute atomic E-state index is 0.0834. The molecule has 0 radical (unpaired) electrons. The Balaban J connectivity index is 1.63. The van der Waals surface area contributed by atoms with Gasteiger partial charge in [0.25, 0.3) is 5.56 Å². The molecule has 0 aliphatic rings. The van der Waals surface area contributed by atoms with Crippen LogP contribution in [0, 0.1) is 6.92 Å². The van der Waals surface area contributed by atoms with Crippen LogP contribution in [-0.4, -0.2) is 31.3 Å². The zero-order valence-corrected chi connectivity index (χ0v) is 15.7. The third-order valence-electron chi connectivity index (χ3n) is 4.14. The van der Waals surface area contributed by atoms with Gasteiger partial charge in [0.05, 0.1) is 18.5 Å². The molecule has 8 heteroatoms. The number of pyridine rings is 1. The van der Waals surface area contributed by atoms with Crippen molar-refractivity contribution in [2.24, 2.45) is 0 Å². The monoisotopic (exact) mass is 379 g/mol. The third-order valence-corrected chi connectivity index (χ3v) is 5.12. The second kappa shape index (κ2) is 7.24. The lowest BCUT2D eigenvalue weighted by Crippen LogP contribution is -2.17. The van der Waals surface area contributed by atoms with E-state index in [-0.39, 0.29) is 5.56 Å². The lowest BCUT2D eigenvalue weighted by atomic mass is 10.3. The summed E-state index contributed by atoms with van der Waals surface area (Å²) < 4.78 is 8.89. The first kappa shape index (κ1) is 17.3. The van der Waals surface area contributed by atoms with E-state index >= 15 is 0 Å². The SMILES string of the molecule is COc1ccccc1-n1cnnc1SCc1cc(=O)n2c(C)cccc2n1. The summed E-state index contributed by atoms with van der Waals surface area (Å²) in [5.74, 6) is 1.24. The standard InChI is InChI=1S/C19H17N5O2S/c1-13-6-5-9-17-21-14(10-18(25)24(13)17)11-27-19-22-20-12-23(19)15-7-3-4-8-16(15)26-2/h3-10,12H,11H2,1-2H3. The topological polar surface area (TPSA) is 74.3 Å². The first-order chi connectivity index (χ1) is 13.2. The van der Waals surface area contributed by atoms with E-state index in [0.717, 1.165) is 17.1 Å². The lowest BCUT2D eigenvalue weighted by Gasteiger charge is -2.10. The smallest absolute Gasteiger partial charge is 0.258 e. The highest BCUT2D eigenvalue weighted by atomic mass is 32.2. The van der Waals surface area contributed by atoms with Crippen LogP contribution in [0.5, 0.6) is 5.75 Å². The molecule has 3 heterocycles. The summed E-state index contributed by atoms with van der Waals surface area (Å²) in [6, 6.07) is 14.9. The number of fused-ring (bicyclic) bond motifs is 1. The van der Waals surface area contributed by atoms with Crippen LogP contribution in [0.25, 0.3) is 11.3 Å². The van der Waals surface area contributed by atoms with Crippen LogP contribution in [0.15, 0.2) is 64.8 Å². The van der Waals surface area contributed by atoms with Gasteiger partial charge in [0.1, 0.15) is 17.7 Å². The predicted octanol–water partition coefficient (Wildman–Crippen LogP) is 2.88. The van der Waals surface area contributed by atoms with E-state index in [1.807, 2.05) is 54.0 Å². The van der Waals surface area contributed by atoms with E-state index in [9.17, 15) is 4.79 Å². The number of ether oxygens (including phenoxy) is 1. The van der Waals surface area contributed by atoms with Crippen LogP contribution >= 0.6 is 11.8 Å². The number of hydrogen-bond acceptors (Lipinski definition) is 6. The highest BCUT2D eigenvalue weighted by molar-refractivity contribution is 7.98. The van der Waals surface area contributed by atoms with Crippen molar-refractivity contribution in [3.63, 3.8) is 0 Å². The minimum Gasteiger partial charge on any atom is -0.495 e. The fraction of sp³-hybridized carbons (Fsp3) is 0.158. The number of rotatable bonds is 5. The van der Waals surface area contributed by atoms with Gasteiger partial charge in [0, 0.05) is 17.5 Å². The van der Waals surface area contributed by atoms with Crippen molar-refractivity contribution >= 4 is 17.4 Å². The number of aryl methyl sites for hydroxylation is 1. The summed E-state index contributed by atoms with van der Waals surface area (Å²) in [6.07, 6.45) is 1.65. The molecular weight excluding hydrogens is 362 g/mol. The van der Waals surface area contributed by atoms with Crippen LogP contribution in [0.1, 0.15) is 11.4 Å². The summed E-state index contributed by atoms with van der Waals surface area (Å²) in [7, 11) is 1.63. The minimum atomic E-state index is -0.0834. The van der Waals surface area contributed by atoms with Gasteiger partial charge < -0.3 is 4.74 Å². The zero-order valence-electron chi connectivity index (χ0n) is 14.9. The molecule has 0 N–H and O–H groups in total. The largest absolute Gasteiger partial charge is 0.495 e. The lowest BCUT2D eigenvalue weighted by molar-refractivity contribution is 0.412. The second-order valence-electron chi connectivity index (χ2n) is 5.89. The first-order valence-corrected chi connectivity index (χ1v) is 9.30. The molecule has 3 aromatic heterocycles. The number of nitrogens with zero attached hydrogens (tertiary/aromatic N) is 5. The number of methoxy groups -OCH3 is 1. The number of para-hydroxylation sites is 2. The van der Waals surface area contributed by atoms with Crippen molar-refractivity contribution in [3.8, 4) is 11.4 Å². The van der Waals surface area contributed by atoms with E-state index in [1.165, 1.54) is 11.8 Å². The summed E-state index contributed by atoms with van der Waals surface area (Å²) >= 11 is 1.47. The first-order valence-electron chi connectivity index (χ1n) is 8.32. The van der Waals surface area contributed by atoms with E-state index in [2.05, 4.69) is 15.2 Å². The number of thioether (sulfide) groups is 1. The Hall–Kier alpha value is -3.13. The third kappa shape index (κ3) is 3.31. The molecule has 0 bridgehead atoms. The van der Waals surface area contributed by atoms with Crippen LogP contribution in [0.4, 0.5) is 0 Å². The van der Waals surface area contributed by atoms with Crippen LogP contribution in [0.3, 0.4) is 0 Å². The highest BCUT2D eigenvalue weighted by Gasteiger charge is 2.12. The number of hydrogen-bond donors (Lipinski definition) is 0. The molecule has 4 aromatic rings. The molecule has 0 fully saturated rings. The van der Waals surface area contributed by atoms with E-state index in [4.69, 9.17) is 4.74 Å². The molecule has 0 unspecified atom stereocenters. The Bertz CT molecular complexity index is 1170. The number of benzene rings is 1. The van der Waals surface area contributed by atoms with Gasteiger partial charge in [-0.1, -0.05) is 30.0 Å². The average molecular weight is 379 g/mol. The molecule has 0 aliphatic heterocycles. The highest BCUT2D eigenvalue weighted by Crippen LogP contribution is 2.27. The maximum atomic E-state index is 12.4. The van der Waals surface area contributed by atoms with Gasteiger partial charge in [-0.25, -0.2) is 4.98 Å². The predicted molar refractivity (Wildman–Crippen MR) is 104 cm³/mol. The molecule has 0 spiro atoms. The summed E-state index contributed by atoms with van der Waals surface area (Å²) in [6.45, 7) is 1.89. The van der Waals surface area contributed by atoms with Gasteiger partial charge >= 0.3 is 0 Å². The Morgan fingerprint density at radius 3 is 2.85 bits per heavy atom. The Morgan fingerprint density at radius 2 is 2.00 bits per heavy atom.